The smallest absolute Gasteiger partial charge is 0.241 e. The van der Waals surface area contributed by atoms with Crippen molar-refractivity contribution in [3.63, 3.8) is 0 Å². The predicted molar refractivity (Wildman–Crippen MR) is 96.5 cm³/mol. The standard InChI is InChI=1S/C17H16BrN3O2S/c1-13-3-6-15(18)11-17(13)24(22,23)20-12-14-4-7-16(8-5-14)21-10-2-9-19-21/h2-11,20H,12H2,1H3. The number of sulfonamides is 1. The molecule has 124 valence electrons. The van der Waals surface area contributed by atoms with Crippen LogP contribution in [0.2, 0.25) is 0 Å². The normalized spacial score (nSPS) is 11.6. The van der Waals surface area contributed by atoms with Crippen molar-refractivity contribution in [2.75, 3.05) is 0 Å². The largest absolute Gasteiger partial charge is 0.241 e. The van der Waals surface area contributed by atoms with E-state index >= 15 is 0 Å². The van der Waals surface area contributed by atoms with Crippen LogP contribution >= 0.6 is 15.9 Å². The minimum Gasteiger partial charge on any atom is -0.241 e. The summed E-state index contributed by atoms with van der Waals surface area (Å²) in [5.74, 6) is 0. The van der Waals surface area contributed by atoms with Crippen molar-refractivity contribution in [3.8, 4) is 5.69 Å². The third-order valence-electron chi connectivity index (χ3n) is 3.61. The molecule has 2 aromatic carbocycles. The number of halogens is 1. The average Bonchev–Trinajstić information content (AvgIpc) is 3.10. The number of hydrogen-bond donors (Lipinski definition) is 1. The van der Waals surface area contributed by atoms with Crippen LogP contribution in [0.25, 0.3) is 5.69 Å². The predicted octanol–water partition coefficient (Wildman–Crippen LogP) is 3.42. The van der Waals surface area contributed by atoms with E-state index in [2.05, 4.69) is 25.8 Å². The molecule has 0 unspecified atom stereocenters. The topological polar surface area (TPSA) is 64.0 Å². The number of nitrogens with one attached hydrogen (secondary N) is 1. The SMILES string of the molecule is Cc1ccc(Br)cc1S(=O)(=O)NCc1ccc(-n2cccn2)cc1. The highest BCUT2D eigenvalue weighted by Crippen LogP contribution is 2.20. The van der Waals surface area contributed by atoms with Crippen LogP contribution in [0.15, 0.2) is 70.3 Å². The molecule has 5 nitrogen and oxygen atoms in total. The maximum Gasteiger partial charge on any atom is 0.241 e. The maximum absolute atomic E-state index is 12.5. The third kappa shape index (κ3) is 3.75. The van der Waals surface area contributed by atoms with E-state index in [0.29, 0.717) is 5.56 Å². The summed E-state index contributed by atoms with van der Waals surface area (Å²) < 4.78 is 30.1. The van der Waals surface area contributed by atoms with E-state index in [9.17, 15) is 8.42 Å². The van der Waals surface area contributed by atoms with Gasteiger partial charge in [-0.1, -0.05) is 34.1 Å². The van der Waals surface area contributed by atoms with E-state index in [1.807, 2.05) is 42.6 Å². The lowest BCUT2D eigenvalue weighted by Crippen LogP contribution is -2.24. The molecule has 1 N–H and O–H groups in total. The van der Waals surface area contributed by atoms with Gasteiger partial charge in [0.1, 0.15) is 0 Å². The number of rotatable bonds is 5. The van der Waals surface area contributed by atoms with E-state index < -0.39 is 10.0 Å². The Morgan fingerprint density at radius 3 is 2.58 bits per heavy atom. The molecule has 0 aliphatic heterocycles. The molecule has 0 aliphatic rings. The monoisotopic (exact) mass is 405 g/mol. The van der Waals surface area contributed by atoms with E-state index in [1.54, 1.807) is 29.9 Å². The van der Waals surface area contributed by atoms with Gasteiger partial charge in [0.2, 0.25) is 10.0 Å². The van der Waals surface area contributed by atoms with Gasteiger partial charge in [-0.05, 0) is 48.4 Å². The molecule has 0 aliphatic carbocycles. The number of nitrogens with zero attached hydrogens (tertiary/aromatic N) is 2. The summed E-state index contributed by atoms with van der Waals surface area (Å²) in [6, 6.07) is 14.6. The Morgan fingerprint density at radius 1 is 1.17 bits per heavy atom. The summed E-state index contributed by atoms with van der Waals surface area (Å²) in [6.45, 7) is 2.01. The lowest BCUT2D eigenvalue weighted by atomic mass is 10.2. The van der Waals surface area contributed by atoms with Gasteiger partial charge in [0, 0.05) is 23.4 Å². The number of aromatic nitrogens is 2. The van der Waals surface area contributed by atoms with E-state index in [1.165, 1.54) is 0 Å². The average molecular weight is 406 g/mol. The van der Waals surface area contributed by atoms with Crippen molar-refractivity contribution in [1.82, 2.24) is 14.5 Å². The second-order valence-corrected chi connectivity index (χ2v) is 8.00. The van der Waals surface area contributed by atoms with Gasteiger partial charge in [-0.3, -0.25) is 0 Å². The van der Waals surface area contributed by atoms with E-state index in [0.717, 1.165) is 15.7 Å². The Kier molecular flexibility index (Phi) is 4.84. The van der Waals surface area contributed by atoms with Crippen LogP contribution in [0.1, 0.15) is 11.1 Å². The van der Waals surface area contributed by atoms with Crippen LogP contribution < -0.4 is 4.72 Å². The highest BCUT2D eigenvalue weighted by Gasteiger charge is 2.16. The summed E-state index contributed by atoms with van der Waals surface area (Å²) in [5, 5.41) is 4.16. The van der Waals surface area contributed by atoms with Crippen molar-refractivity contribution in [3.05, 3.63) is 76.5 Å². The zero-order valence-corrected chi connectivity index (χ0v) is 15.4. The molecule has 0 fully saturated rings. The first-order valence-electron chi connectivity index (χ1n) is 7.30. The van der Waals surface area contributed by atoms with Crippen LogP contribution in [0, 0.1) is 6.92 Å². The van der Waals surface area contributed by atoms with Gasteiger partial charge >= 0.3 is 0 Å². The minimum absolute atomic E-state index is 0.230. The first-order valence-corrected chi connectivity index (χ1v) is 9.58. The van der Waals surface area contributed by atoms with Gasteiger partial charge in [-0.2, -0.15) is 5.10 Å². The molecular formula is C17H16BrN3O2S. The summed E-state index contributed by atoms with van der Waals surface area (Å²) in [4.78, 5) is 0.282. The third-order valence-corrected chi connectivity index (χ3v) is 5.65. The number of benzene rings is 2. The molecule has 24 heavy (non-hydrogen) atoms. The Hall–Kier alpha value is -1.96. The second-order valence-electron chi connectivity index (χ2n) is 5.35. The molecule has 0 radical (unpaired) electrons. The minimum atomic E-state index is -3.56. The highest BCUT2D eigenvalue weighted by molar-refractivity contribution is 9.10. The van der Waals surface area contributed by atoms with Crippen molar-refractivity contribution < 1.29 is 8.42 Å². The number of hydrogen-bond acceptors (Lipinski definition) is 3. The molecule has 0 saturated heterocycles. The molecule has 3 rings (SSSR count). The highest BCUT2D eigenvalue weighted by atomic mass is 79.9. The zero-order chi connectivity index (χ0) is 17.2. The van der Waals surface area contributed by atoms with Crippen molar-refractivity contribution >= 4 is 26.0 Å². The molecule has 7 heteroatoms. The summed E-state index contributed by atoms with van der Waals surface area (Å²) in [6.07, 6.45) is 3.57. The van der Waals surface area contributed by atoms with Gasteiger partial charge in [-0.15, -0.1) is 0 Å². The van der Waals surface area contributed by atoms with Crippen LogP contribution in [0.3, 0.4) is 0 Å². The van der Waals surface area contributed by atoms with Crippen LogP contribution in [-0.2, 0) is 16.6 Å². The summed E-state index contributed by atoms with van der Waals surface area (Å²) in [7, 11) is -3.56. The molecule has 3 aromatic rings. The fourth-order valence-corrected chi connectivity index (χ4v) is 4.11. The molecule has 1 heterocycles. The van der Waals surface area contributed by atoms with Crippen molar-refractivity contribution in [2.45, 2.75) is 18.4 Å². The Labute approximate surface area is 149 Å². The molecule has 1 aromatic heterocycles. The van der Waals surface area contributed by atoms with E-state index in [4.69, 9.17) is 0 Å². The lowest BCUT2D eigenvalue weighted by molar-refractivity contribution is 0.580. The summed E-state index contributed by atoms with van der Waals surface area (Å²) >= 11 is 3.31. The molecule has 0 bridgehead atoms. The van der Waals surface area contributed by atoms with Crippen molar-refractivity contribution in [1.29, 1.82) is 0 Å². The molecule has 0 saturated carbocycles. The Morgan fingerprint density at radius 2 is 1.92 bits per heavy atom. The molecular weight excluding hydrogens is 390 g/mol. The van der Waals surface area contributed by atoms with Gasteiger partial charge in [-0.25, -0.2) is 17.8 Å². The second kappa shape index (κ2) is 6.88. The van der Waals surface area contributed by atoms with Gasteiger partial charge < -0.3 is 0 Å². The fraction of sp³-hybridized carbons (Fsp3) is 0.118. The molecule has 0 spiro atoms. The van der Waals surface area contributed by atoms with Crippen LogP contribution in [0.4, 0.5) is 0 Å². The summed E-state index contributed by atoms with van der Waals surface area (Å²) in [5.41, 5.74) is 2.51. The van der Waals surface area contributed by atoms with Gasteiger partial charge in [0.05, 0.1) is 10.6 Å². The fourth-order valence-electron chi connectivity index (χ4n) is 2.31. The van der Waals surface area contributed by atoms with Gasteiger partial charge in [0.25, 0.3) is 0 Å². The van der Waals surface area contributed by atoms with Gasteiger partial charge in [0.15, 0.2) is 0 Å². The maximum atomic E-state index is 12.5. The molecule has 0 atom stereocenters. The Balaban J connectivity index is 1.74. The zero-order valence-electron chi connectivity index (χ0n) is 13.0. The lowest BCUT2D eigenvalue weighted by Gasteiger charge is -2.10. The Bertz CT molecular complexity index is 936. The van der Waals surface area contributed by atoms with Crippen molar-refractivity contribution in [2.24, 2.45) is 0 Å². The first kappa shape index (κ1) is 16.9. The molecule has 0 amide bonds. The first-order chi connectivity index (χ1) is 11.5. The number of aryl methyl sites for hydroxylation is 1. The quantitative estimate of drug-likeness (QED) is 0.706. The van der Waals surface area contributed by atoms with E-state index in [-0.39, 0.29) is 11.4 Å². The van der Waals surface area contributed by atoms with Crippen LogP contribution in [0.5, 0.6) is 0 Å². The van der Waals surface area contributed by atoms with Crippen LogP contribution in [-0.4, -0.2) is 18.2 Å².